The van der Waals surface area contributed by atoms with Crippen LogP contribution < -0.4 is 0 Å². The lowest BCUT2D eigenvalue weighted by molar-refractivity contribution is 1.02. The SMILES string of the molecule is Brc1cccc(-c2cc3c4c(cccc4c2)CC3)c1. The van der Waals surface area contributed by atoms with E-state index in [0.717, 1.165) is 4.47 Å². The molecule has 0 atom stereocenters. The van der Waals surface area contributed by atoms with Crippen LogP contribution in [0, 0.1) is 0 Å². The zero-order valence-corrected chi connectivity index (χ0v) is 12.1. The first-order valence-electron chi connectivity index (χ1n) is 6.62. The Bertz CT molecular complexity index is 787. The Morgan fingerprint density at radius 2 is 1.58 bits per heavy atom. The molecule has 3 aromatic carbocycles. The zero-order chi connectivity index (χ0) is 12.8. The smallest absolute Gasteiger partial charge is 0.0181 e. The Kier molecular flexibility index (Phi) is 2.49. The molecule has 1 aliphatic carbocycles. The summed E-state index contributed by atoms with van der Waals surface area (Å²) in [5.41, 5.74) is 5.61. The van der Waals surface area contributed by atoms with E-state index < -0.39 is 0 Å². The Morgan fingerprint density at radius 1 is 0.737 bits per heavy atom. The standard InChI is InChI=1S/C18H13Br/c19-17-6-2-4-13(11-17)16-9-14-5-1-3-12-7-8-15(10-16)18(12)14/h1-6,9-11H,7-8H2. The molecule has 1 heteroatoms. The van der Waals surface area contributed by atoms with Gasteiger partial charge in [0.05, 0.1) is 0 Å². The second-order valence-electron chi connectivity index (χ2n) is 5.16. The normalized spacial score (nSPS) is 13.1. The first-order chi connectivity index (χ1) is 9.31. The molecule has 0 spiro atoms. The van der Waals surface area contributed by atoms with Crippen LogP contribution in [0.4, 0.5) is 0 Å². The highest BCUT2D eigenvalue weighted by molar-refractivity contribution is 9.10. The number of hydrogen-bond donors (Lipinski definition) is 0. The van der Waals surface area contributed by atoms with Crippen molar-refractivity contribution in [2.75, 3.05) is 0 Å². The maximum absolute atomic E-state index is 3.56. The van der Waals surface area contributed by atoms with E-state index in [9.17, 15) is 0 Å². The van der Waals surface area contributed by atoms with Gasteiger partial charge in [0, 0.05) is 4.47 Å². The van der Waals surface area contributed by atoms with Crippen molar-refractivity contribution in [1.29, 1.82) is 0 Å². The average molecular weight is 309 g/mol. The topological polar surface area (TPSA) is 0 Å². The summed E-state index contributed by atoms with van der Waals surface area (Å²) in [4.78, 5) is 0. The summed E-state index contributed by atoms with van der Waals surface area (Å²) < 4.78 is 1.13. The lowest BCUT2D eigenvalue weighted by Crippen LogP contribution is -1.84. The summed E-state index contributed by atoms with van der Waals surface area (Å²) in [6.07, 6.45) is 2.37. The van der Waals surface area contributed by atoms with Gasteiger partial charge in [-0.25, -0.2) is 0 Å². The lowest BCUT2D eigenvalue weighted by atomic mass is 9.97. The van der Waals surface area contributed by atoms with Crippen molar-refractivity contribution in [2.45, 2.75) is 12.8 Å². The predicted octanol–water partition coefficient (Wildman–Crippen LogP) is 5.37. The molecule has 0 nitrogen and oxygen atoms in total. The number of halogens is 1. The van der Waals surface area contributed by atoms with Gasteiger partial charge < -0.3 is 0 Å². The summed E-state index contributed by atoms with van der Waals surface area (Å²) in [7, 11) is 0. The molecular formula is C18H13Br. The summed E-state index contributed by atoms with van der Waals surface area (Å²) >= 11 is 3.56. The third kappa shape index (κ3) is 1.81. The van der Waals surface area contributed by atoms with Crippen molar-refractivity contribution in [3.63, 3.8) is 0 Å². The van der Waals surface area contributed by atoms with Crippen LogP contribution in [-0.4, -0.2) is 0 Å². The van der Waals surface area contributed by atoms with Crippen LogP contribution >= 0.6 is 15.9 Å². The van der Waals surface area contributed by atoms with Crippen molar-refractivity contribution < 1.29 is 0 Å². The molecule has 1 aliphatic rings. The van der Waals surface area contributed by atoms with Crippen molar-refractivity contribution in [3.8, 4) is 11.1 Å². The number of hydrogen-bond acceptors (Lipinski definition) is 0. The van der Waals surface area contributed by atoms with Gasteiger partial charge >= 0.3 is 0 Å². The number of aryl methyl sites for hydroxylation is 2. The Morgan fingerprint density at radius 3 is 2.47 bits per heavy atom. The zero-order valence-electron chi connectivity index (χ0n) is 10.5. The highest BCUT2D eigenvalue weighted by Crippen LogP contribution is 2.35. The first-order valence-corrected chi connectivity index (χ1v) is 7.41. The molecule has 0 amide bonds. The molecule has 0 heterocycles. The number of rotatable bonds is 1. The van der Waals surface area contributed by atoms with Gasteiger partial charge in [-0.15, -0.1) is 0 Å². The number of benzene rings is 3. The molecule has 19 heavy (non-hydrogen) atoms. The minimum absolute atomic E-state index is 1.13. The first kappa shape index (κ1) is 11.2. The van der Waals surface area contributed by atoms with Gasteiger partial charge in [0.2, 0.25) is 0 Å². The van der Waals surface area contributed by atoms with Gasteiger partial charge in [0.15, 0.2) is 0 Å². The van der Waals surface area contributed by atoms with Crippen molar-refractivity contribution in [3.05, 3.63) is 70.2 Å². The van der Waals surface area contributed by atoms with Gasteiger partial charge in [-0.05, 0) is 64.1 Å². The second kappa shape index (κ2) is 4.21. The van der Waals surface area contributed by atoms with Gasteiger partial charge in [-0.1, -0.05) is 52.3 Å². The van der Waals surface area contributed by atoms with E-state index in [4.69, 9.17) is 0 Å². The largest absolute Gasteiger partial charge is 0.0614 e. The van der Waals surface area contributed by atoms with E-state index in [1.54, 1.807) is 0 Å². The van der Waals surface area contributed by atoms with E-state index in [0.29, 0.717) is 0 Å². The van der Waals surface area contributed by atoms with Crippen LogP contribution in [0.25, 0.3) is 21.9 Å². The average Bonchev–Trinajstić information content (AvgIpc) is 2.84. The van der Waals surface area contributed by atoms with E-state index in [2.05, 4.69) is 70.5 Å². The van der Waals surface area contributed by atoms with E-state index in [1.807, 2.05) is 0 Å². The molecule has 0 saturated heterocycles. The third-order valence-electron chi connectivity index (χ3n) is 3.97. The molecular weight excluding hydrogens is 296 g/mol. The maximum atomic E-state index is 3.56. The lowest BCUT2D eigenvalue weighted by Gasteiger charge is -2.07. The summed E-state index contributed by atoms with van der Waals surface area (Å²) in [6.45, 7) is 0. The van der Waals surface area contributed by atoms with Crippen LogP contribution in [-0.2, 0) is 12.8 Å². The van der Waals surface area contributed by atoms with E-state index in [-0.39, 0.29) is 0 Å². The minimum Gasteiger partial charge on any atom is -0.0614 e. The van der Waals surface area contributed by atoms with Gasteiger partial charge in [-0.2, -0.15) is 0 Å². The second-order valence-corrected chi connectivity index (χ2v) is 6.08. The minimum atomic E-state index is 1.13. The predicted molar refractivity (Wildman–Crippen MR) is 84.5 cm³/mol. The molecule has 0 bridgehead atoms. The molecule has 0 radical (unpaired) electrons. The summed E-state index contributed by atoms with van der Waals surface area (Å²) in [5.74, 6) is 0. The molecule has 0 N–H and O–H groups in total. The molecule has 0 saturated carbocycles. The van der Waals surface area contributed by atoms with Crippen LogP contribution in [0.3, 0.4) is 0 Å². The molecule has 0 fully saturated rings. The molecule has 4 rings (SSSR count). The quantitative estimate of drug-likeness (QED) is 0.567. The van der Waals surface area contributed by atoms with Gasteiger partial charge in [0.25, 0.3) is 0 Å². The van der Waals surface area contributed by atoms with Crippen LogP contribution in [0.2, 0.25) is 0 Å². The van der Waals surface area contributed by atoms with Crippen molar-refractivity contribution >= 4 is 26.7 Å². The highest BCUT2D eigenvalue weighted by Gasteiger charge is 2.15. The van der Waals surface area contributed by atoms with Gasteiger partial charge in [0.1, 0.15) is 0 Å². The Hall–Kier alpha value is -1.60. The van der Waals surface area contributed by atoms with Crippen molar-refractivity contribution in [1.82, 2.24) is 0 Å². The fourth-order valence-corrected chi connectivity index (χ4v) is 3.51. The molecule has 3 aromatic rings. The van der Waals surface area contributed by atoms with E-state index >= 15 is 0 Å². The highest BCUT2D eigenvalue weighted by atomic mass is 79.9. The fourth-order valence-electron chi connectivity index (χ4n) is 3.11. The van der Waals surface area contributed by atoms with Crippen LogP contribution in [0.5, 0.6) is 0 Å². The molecule has 0 aliphatic heterocycles. The van der Waals surface area contributed by atoms with Crippen molar-refractivity contribution in [2.24, 2.45) is 0 Å². The Labute approximate surface area is 121 Å². The molecule has 92 valence electrons. The monoisotopic (exact) mass is 308 g/mol. The van der Waals surface area contributed by atoms with Crippen LogP contribution in [0.1, 0.15) is 11.1 Å². The molecule has 0 aromatic heterocycles. The summed E-state index contributed by atoms with van der Waals surface area (Å²) in [5, 5.41) is 2.86. The molecule has 0 unspecified atom stereocenters. The van der Waals surface area contributed by atoms with Crippen LogP contribution in [0.15, 0.2) is 59.1 Å². The summed E-state index contributed by atoms with van der Waals surface area (Å²) in [6, 6.07) is 19.9. The maximum Gasteiger partial charge on any atom is 0.0181 e. The third-order valence-corrected chi connectivity index (χ3v) is 4.46. The van der Waals surface area contributed by atoms with E-state index in [1.165, 1.54) is 45.9 Å². The fraction of sp³-hybridized carbons (Fsp3) is 0.111. The van der Waals surface area contributed by atoms with Gasteiger partial charge in [-0.3, -0.25) is 0 Å². The Balaban J connectivity index is 1.99.